The Balaban J connectivity index is 3.13. The average molecular weight is 430 g/mol. The van der Waals surface area contributed by atoms with Crippen LogP contribution in [0.15, 0.2) is 22.6 Å². The molecule has 29 heavy (non-hydrogen) atoms. The number of carboxylic acid groups (broad SMARTS) is 1. The Morgan fingerprint density at radius 2 is 2.03 bits per heavy atom. The standard InChI is InChI=1S/C22H39NO5S/c1-5-7-12-22(6-2)16-18(3)19(11-15-28-4)20(29(26,27)17-22)9-8-13-23-14-10-21(24)25/h9,11,18,23H,5-8,10,12-17H2,1-4H3,(H,24,25)/b19-11-,20-9+/t18-,22-/m0/s1. The molecular weight excluding hydrogens is 390 g/mol. The molecule has 168 valence electrons. The molecule has 0 amide bonds. The summed E-state index contributed by atoms with van der Waals surface area (Å²) in [6.45, 7) is 7.69. The summed E-state index contributed by atoms with van der Waals surface area (Å²) >= 11 is 0. The van der Waals surface area contributed by atoms with Crippen LogP contribution < -0.4 is 5.32 Å². The predicted octanol–water partition coefficient (Wildman–Crippen LogP) is 3.94. The molecule has 1 rings (SSSR count). The molecule has 0 aliphatic carbocycles. The van der Waals surface area contributed by atoms with E-state index in [0.717, 1.165) is 37.7 Å². The fourth-order valence-corrected chi connectivity index (χ4v) is 6.66. The number of carboxylic acids is 1. The third-order valence-corrected chi connectivity index (χ3v) is 7.90. The monoisotopic (exact) mass is 429 g/mol. The number of aliphatic carboxylic acids is 1. The number of hydrogen-bond donors (Lipinski definition) is 2. The maximum Gasteiger partial charge on any atom is 0.304 e. The van der Waals surface area contributed by atoms with Crippen LogP contribution >= 0.6 is 0 Å². The molecule has 1 aliphatic heterocycles. The lowest BCUT2D eigenvalue weighted by molar-refractivity contribution is -0.136. The molecule has 6 nitrogen and oxygen atoms in total. The van der Waals surface area contributed by atoms with Crippen molar-refractivity contribution in [3.05, 3.63) is 22.6 Å². The van der Waals surface area contributed by atoms with Gasteiger partial charge in [0, 0.05) is 13.7 Å². The Morgan fingerprint density at radius 3 is 2.62 bits per heavy atom. The first-order valence-corrected chi connectivity index (χ1v) is 12.4. The number of hydrogen-bond acceptors (Lipinski definition) is 5. The number of unbranched alkanes of at least 4 members (excludes halogenated alkanes) is 1. The average Bonchev–Trinajstić information content (AvgIpc) is 2.73. The molecule has 0 aromatic carbocycles. The van der Waals surface area contributed by atoms with Crippen molar-refractivity contribution in [2.75, 3.05) is 32.6 Å². The second-order valence-corrected chi connectivity index (χ2v) is 10.1. The van der Waals surface area contributed by atoms with Crippen molar-refractivity contribution in [3.8, 4) is 0 Å². The maximum absolute atomic E-state index is 13.4. The van der Waals surface area contributed by atoms with Crippen molar-refractivity contribution in [1.82, 2.24) is 5.32 Å². The van der Waals surface area contributed by atoms with Gasteiger partial charge in [-0.25, -0.2) is 8.42 Å². The van der Waals surface area contributed by atoms with Gasteiger partial charge in [-0.15, -0.1) is 0 Å². The zero-order chi connectivity index (χ0) is 21.9. The SMILES string of the molecule is CCCC[C@@]1(CC)C[C@H](C)C(=C/COC)/C(=C\CCNCCC(=O)O)S(=O)(=O)C1. The Hall–Kier alpha value is -1.18. The minimum absolute atomic E-state index is 0.0569. The minimum atomic E-state index is -3.41. The van der Waals surface area contributed by atoms with Gasteiger partial charge in [-0.3, -0.25) is 4.79 Å². The van der Waals surface area contributed by atoms with E-state index >= 15 is 0 Å². The first-order valence-electron chi connectivity index (χ1n) is 10.8. The van der Waals surface area contributed by atoms with E-state index in [9.17, 15) is 13.2 Å². The van der Waals surface area contributed by atoms with Gasteiger partial charge in [-0.05, 0) is 49.1 Å². The largest absolute Gasteiger partial charge is 0.481 e. The van der Waals surface area contributed by atoms with Crippen LogP contribution in [0.4, 0.5) is 0 Å². The summed E-state index contributed by atoms with van der Waals surface area (Å²) in [5.74, 6) is -0.502. The van der Waals surface area contributed by atoms with Crippen molar-refractivity contribution in [2.45, 2.75) is 65.7 Å². The number of rotatable bonds is 12. The summed E-state index contributed by atoms with van der Waals surface area (Å²) in [5, 5.41) is 11.8. The van der Waals surface area contributed by atoms with Crippen LogP contribution in [0.5, 0.6) is 0 Å². The minimum Gasteiger partial charge on any atom is -0.481 e. The van der Waals surface area contributed by atoms with Gasteiger partial charge in [-0.1, -0.05) is 45.8 Å². The Kier molecular flexibility index (Phi) is 11.1. The van der Waals surface area contributed by atoms with Gasteiger partial charge >= 0.3 is 5.97 Å². The van der Waals surface area contributed by atoms with E-state index in [1.165, 1.54) is 0 Å². The third kappa shape index (κ3) is 8.22. The number of carbonyl (C=O) groups is 1. The molecule has 1 aliphatic rings. The number of methoxy groups -OCH3 is 1. The Morgan fingerprint density at radius 1 is 1.31 bits per heavy atom. The van der Waals surface area contributed by atoms with Crippen LogP contribution in [-0.2, 0) is 19.4 Å². The lowest BCUT2D eigenvalue weighted by atomic mass is 9.74. The molecule has 0 bridgehead atoms. The Labute approximate surface area is 176 Å². The summed E-state index contributed by atoms with van der Waals surface area (Å²) in [4.78, 5) is 11.0. The van der Waals surface area contributed by atoms with E-state index in [0.29, 0.717) is 31.0 Å². The smallest absolute Gasteiger partial charge is 0.304 e. The van der Waals surface area contributed by atoms with Gasteiger partial charge in [0.15, 0.2) is 9.84 Å². The van der Waals surface area contributed by atoms with E-state index in [2.05, 4.69) is 26.1 Å². The van der Waals surface area contributed by atoms with Crippen molar-refractivity contribution in [2.24, 2.45) is 11.3 Å². The molecular formula is C22H39NO5S. The van der Waals surface area contributed by atoms with E-state index in [-0.39, 0.29) is 23.5 Å². The molecule has 0 saturated carbocycles. The highest BCUT2D eigenvalue weighted by molar-refractivity contribution is 7.95. The second kappa shape index (κ2) is 12.5. The third-order valence-electron chi connectivity index (χ3n) is 5.83. The molecule has 0 unspecified atom stereocenters. The van der Waals surface area contributed by atoms with E-state index in [1.54, 1.807) is 7.11 Å². The van der Waals surface area contributed by atoms with Gasteiger partial charge in [0.25, 0.3) is 0 Å². The quantitative estimate of drug-likeness (QED) is 0.457. The number of nitrogens with one attached hydrogen (secondary N) is 1. The van der Waals surface area contributed by atoms with Crippen LogP contribution in [0.3, 0.4) is 0 Å². The summed E-state index contributed by atoms with van der Waals surface area (Å²) in [5.41, 5.74) is 0.680. The van der Waals surface area contributed by atoms with Crippen molar-refractivity contribution >= 4 is 15.8 Å². The molecule has 7 heteroatoms. The zero-order valence-corrected chi connectivity index (χ0v) is 19.3. The van der Waals surface area contributed by atoms with Crippen LogP contribution in [0.2, 0.25) is 0 Å². The van der Waals surface area contributed by atoms with Gasteiger partial charge in [0.1, 0.15) is 0 Å². The first kappa shape index (κ1) is 25.9. The first-order chi connectivity index (χ1) is 13.7. The summed E-state index contributed by atoms with van der Waals surface area (Å²) in [6, 6.07) is 0. The fraction of sp³-hybridized carbons (Fsp3) is 0.773. The normalized spacial score (nSPS) is 27.2. The van der Waals surface area contributed by atoms with Crippen LogP contribution in [0, 0.1) is 11.3 Å². The maximum atomic E-state index is 13.4. The van der Waals surface area contributed by atoms with Crippen LogP contribution in [-0.4, -0.2) is 52.1 Å². The highest BCUT2D eigenvalue weighted by Gasteiger charge is 2.41. The lowest BCUT2D eigenvalue weighted by Crippen LogP contribution is -2.29. The van der Waals surface area contributed by atoms with Crippen LogP contribution in [0.25, 0.3) is 0 Å². The fourth-order valence-electron chi connectivity index (χ4n) is 4.22. The zero-order valence-electron chi connectivity index (χ0n) is 18.5. The molecule has 1 saturated heterocycles. The lowest BCUT2D eigenvalue weighted by Gasteiger charge is -2.32. The molecule has 0 spiro atoms. The number of sulfone groups is 1. The molecule has 0 aromatic heterocycles. The summed E-state index contributed by atoms with van der Waals surface area (Å²) in [7, 11) is -1.80. The van der Waals surface area contributed by atoms with Crippen molar-refractivity contribution in [1.29, 1.82) is 0 Å². The molecule has 2 N–H and O–H groups in total. The highest BCUT2D eigenvalue weighted by Crippen LogP contribution is 2.45. The Bertz CT molecular complexity index is 683. The molecule has 0 aromatic rings. The van der Waals surface area contributed by atoms with Gasteiger partial charge in [-0.2, -0.15) is 0 Å². The van der Waals surface area contributed by atoms with Crippen molar-refractivity contribution < 1.29 is 23.1 Å². The topological polar surface area (TPSA) is 92.7 Å². The predicted molar refractivity (Wildman–Crippen MR) is 118 cm³/mol. The summed E-state index contributed by atoms with van der Waals surface area (Å²) in [6.07, 6.45) is 9.09. The molecule has 0 radical (unpaired) electrons. The van der Waals surface area contributed by atoms with E-state index in [4.69, 9.17) is 9.84 Å². The second-order valence-electron chi connectivity index (χ2n) is 8.19. The molecule has 1 heterocycles. The van der Waals surface area contributed by atoms with E-state index < -0.39 is 15.8 Å². The van der Waals surface area contributed by atoms with E-state index in [1.807, 2.05) is 12.2 Å². The van der Waals surface area contributed by atoms with Gasteiger partial charge in [0.05, 0.1) is 23.7 Å². The van der Waals surface area contributed by atoms with Crippen molar-refractivity contribution in [3.63, 3.8) is 0 Å². The molecule has 1 fully saturated rings. The number of allylic oxidation sites excluding steroid dienone is 1. The molecule has 2 atom stereocenters. The highest BCUT2D eigenvalue weighted by atomic mass is 32.2. The van der Waals surface area contributed by atoms with Gasteiger partial charge in [0.2, 0.25) is 0 Å². The van der Waals surface area contributed by atoms with Gasteiger partial charge < -0.3 is 15.2 Å². The van der Waals surface area contributed by atoms with Crippen LogP contribution in [0.1, 0.15) is 65.7 Å². The number of ether oxygens (including phenoxy) is 1. The summed E-state index contributed by atoms with van der Waals surface area (Å²) < 4.78 is 32.0.